The van der Waals surface area contributed by atoms with Crippen LogP contribution in [0.25, 0.3) is 0 Å². The number of benzene rings is 1. The molecule has 0 fully saturated rings. The summed E-state index contributed by atoms with van der Waals surface area (Å²) in [5, 5.41) is 2.89. The van der Waals surface area contributed by atoms with Crippen LogP contribution < -0.4 is 15.5 Å². The van der Waals surface area contributed by atoms with Crippen molar-refractivity contribution in [1.82, 2.24) is 9.88 Å². The molecule has 5 nitrogen and oxygen atoms in total. The minimum Gasteiger partial charge on any atom is -0.497 e. The van der Waals surface area contributed by atoms with E-state index in [4.69, 9.17) is 4.74 Å². The largest absolute Gasteiger partial charge is 0.497 e. The Hall–Kier alpha value is -1.10. The molecule has 0 saturated carbocycles. The topological polar surface area (TPSA) is 60.3 Å². The number of carbonyl (C=O) groups excluding carboxylic acids is 1. The van der Waals surface area contributed by atoms with Gasteiger partial charge in [-0.3, -0.25) is 9.59 Å². The average Bonchev–Trinajstić information content (AvgIpc) is 2.53. The minimum absolute atomic E-state index is 0.00219. The van der Waals surface area contributed by atoms with E-state index >= 15 is 0 Å². The normalized spacial score (nSPS) is 10.4. The highest BCUT2D eigenvalue weighted by atomic mass is 127. The standard InChI is InChI=1S/C16H16I2N2O3/c1-23-12-4-2-11(3-5-12)6-7-19-15(21)10-20-8-13(17)16(22)14(18)9-20/h2-5,8-9H,6-7,10H2,1H3,(H,19,21). The Morgan fingerprint density at radius 3 is 2.35 bits per heavy atom. The Morgan fingerprint density at radius 1 is 1.17 bits per heavy atom. The van der Waals surface area contributed by atoms with Crippen molar-refractivity contribution in [3.8, 4) is 5.75 Å². The van der Waals surface area contributed by atoms with E-state index in [1.807, 2.05) is 69.4 Å². The predicted molar refractivity (Wildman–Crippen MR) is 106 cm³/mol. The summed E-state index contributed by atoms with van der Waals surface area (Å²) in [6, 6.07) is 7.78. The van der Waals surface area contributed by atoms with Crippen LogP contribution in [0.2, 0.25) is 0 Å². The summed E-state index contributed by atoms with van der Waals surface area (Å²) in [5.74, 6) is 0.744. The zero-order valence-electron chi connectivity index (χ0n) is 12.5. The quantitative estimate of drug-likeness (QED) is 0.576. The Bertz CT molecular complexity index is 716. The van der Waals surface area contributed by atoms with Crippen molar-refractivity contribution in [2.75, 3.05) is 13.7 Å². The zero-order valence-corrected chi connectivity index (χ0v) is 16.8. The second-order valence-electron chi connectivity index (χ2n) is 4.90. The first kappa shape index (κ1) is 18.2. The van der Waals surface area contributed by atoms with Crippen molar-refractivity contribution < 1.29 is 9.53 Å². The molecule has 1 heterocycles. The van der Waals surface area contributed by atoms with Crippen LogP contribution in [-0.2, 0) is 17.8 Å². The molecular weight excluding hydrogens is 522 g/mol. The molecule has 0 atom stereocenters. The summed E-state index contributed by atoms with van der Waals surface area (Å²) < 4.78 is 8.06. The SMILES string of the molecule is COc1ccc(CCNC(=O)Cn2cc(I)c(=O)c(I)c2)cc1. The molecule has 23 heavy (non-hydrogen) atoms. The smallest absolute Gasteiger partial charge is 0.239 e. The van der Waals surface area contributed by atoms with E-state index in [2.05, 4.69) is 5.32 Å². The summed E-state index contributed by atoms with van der Waals surface area (Å²) in [4.78, 5) is 23.6. The van der Waals surface area contributed by atoms with Gasteiger partial charge in [0.1, 0.15) is 12.3 Å². The van der Waals surface area contributed by atoms with Crippen LogP contribution in [0.4, 0.5) is 0 Å². The van der Waals surface area contributed by atoms with Crippen LogP contribution in [0, 0.1) is 7.14 Å². The fourth-order valence-electron chi connectivity index (χ4n) is 2.01. The molecule has 0 saturated heterocycles. The number of hydrogen-bond donors (Lipinski definition) is 1. The van der Waals surface area contributed by atoms with E-state index in [9.17, 15) is 9.59 Å². The van der Waals surface area contributed by atoms with Gasteiger partial charge in [0.25, 0.3) is 0 Å². The van der Waals surface area contributed by atoms with Gasteiger partial charge in [0, 0.05) is 18.9 Å². The third-order valence-electron chi connectivity index (χ3n) is 3.21. The number of hydrogen-bond acceptors (Lipinski definition) is 3. The first-order valence-electron chi connectivity index (χ1n) is 6.94. The number of rotatable bonds is 6. The molecule has 0 aliphatic heterocycles. The Morgan fingerprint density at radius 2 is 1.78 bits per heavy atom. The summed E-state index contributed by atoms with van der Waals surface area (Å²) in [6.45, 7) is 0.772. The Kier molecular flexibility index (Phi) is 6.88. The van der Waals surface area contributed by atoms with E-state index < -0.39 is 0 Å². The van der Waals surface area contributed by atoms with Gasteiger partial charge in [-0.15, -0.1) is 0 Å². The number of nitrogens with zero attached hydrogens (tertiary/aromatic N) is 1. The highest BCUT2D eigenvalue weighted by molar-refractivity contribution is 14.1. The maximum absolute atomic E-state index is 12.0. The predicted octanol–water partition coefficient (Wildman–Crippen LogP) is 2.43. The lowest BCUT2D eigenvalue weighted by Crippen LogP contribution is -2.30. The molecule has 0 radical (unpaired) electrons. The van der Waals surface area contributed by atoms with Crippen LogP contribution in [0.3, 0.4) is 0 Å². The molecule has 1 aromatic carbocycles. The van der Waals surface area contributed by atoms with Gasteiger partial charge in [-0.25, -0.2) is 0 Å². The lowest BCUT2D eigenvalue weighted by molar-refractivity contribution is -0.121. The maximum Gasteiger partial charge on any atom is 0.239 e. The number of aromatic nitrogens is 1. The molecule has 0 aliphatic carbocycles. The summed E-state index contributed by atoms with van der Waals surface area (Å²) in [5.41, 5.74) is 1.14. The fourth-order valence-corrected chi connectivity index (χ4v) is 3.82. The molecule has 1 aromatic heterocycles. The van der Waals surface area contributed by atoms with Crippen LogP contribution in [0.15, 0.2) is 41.5 Å². The summed E-state index contributed by atoms with van der Waals surface area (Å²) in [6.07, 6.45) is 4.14. The number of methoxy groups -OCH3 is 1. The second kappa shape index (κ2) is 8.67. The van der Waals surface area contributed by atoms with Gasteiger partial charge < -0.3 is 14.6 Å². The molecule has 0 aliphatic rings. The van der Waals surface area contributed by atoms with Gasteiger partial charge >= 0.3 is 0 Å². The van der Waals surface area contributed by atoms with Crippen molar-refractivity contribution in [2.24, 2.45) is 0 Å². The highest BCUT2D eigenvalue weighted by Crippen LogP contribution is 2.11. The number of ether oxygens (including phenoxy) is 1. The van der Waals surface area contributed by atoms with E-state index in [0.29, 0.717) is 13.7 Å². The molecule has 0 unspecified atom stereocenters. The number of pyridine rings is 1. The van der Waals surface area contributed by atoms with E-state index in [1.165, 1.54) is 0 Å². The molecular formula is C16H16I2N2O3. The van der Waals surface area contributed by atoms with Gasteiger partial charge in [0.2, 0.25) is 11.3 Å². The fraction of sp³-hybridized carbons (Fsp3) is 0.250. The van der Waals surface area contributed by atoms with Crippen molar-refractivity contribution >= 4 is 51.1 Å². The first-order valence-corrected chi connectivity index (χ1v) is 9.10. The molecule has 122 valence electrons. The van der Waals surface area contributed by atoms with Crippen LogP contribution in [-0.4, -0.2) is 24.1 Å². The third-order valence-corrected chi connectivity index (χ3v) is 4.75. The van der Waals surface area contributed by atoms with Gasteiger partial charge in [-0.05, 0) is 69.3 Å². The lowest BCUT2D eigenvalue weighted by atomic mass is 10.1. The molecule has 0 bridgehead atoms. The minimum atomic E-state index is -0.0752. The van der Waals surface area contributed by atoms with Crippen LogP contribution in [0.5, 0.6) is 5.75 Å². The zero-order chi connectivity index (χ0) is 16.8. The summed E-state index contributed by atoms with van der Waals surface area (Å²) >= 11 is 3.97. The average molecular weight is 538 g/mol. The molecule has 2 aromatic rings. The van der Waals surface area contributed by atoms with Crippen molar-refractivity contribution in [1.29, 1.82) is 0 Å². The number of carbonyl (C=O) groups is 1. The third kappa shape index (κ3) is 5.48. The van der Waals surface area contributed by atoms with E-state index in [1.54, 1.807) is 24.1 Å². The maximum atomic E-state index is 12.0. The van der Waals surface area contributed by atoms with Crippen molar-refractivity contribution in [3.63, 3.8) is 0 Å². The van der Waals surface area contributed by atoms with Crippen molar-refractivity contribution in [3.05, 3.63) is 59.6 Å². The Labute approximate surface area is 161 Å². The van der Waals surface area contributed by atoms with Crippen LogP contribution >= 0.6 is 45.2 Å². The highest BCUT2D eigenvalue weighted by Gasteiger charge is 2.06. The summed E-state index contributed by atoms with van der Waals surface area (Å²) in [7, 11) is 1.63. The number of nitrogens with one attached hydrogen (secondary N) is 1. The Balaban J connectivity index is 1.84. The van der Waals surface area contributed by atoms with E-state index in [0.717, 1.165) is 17.7 Å². The molecule has 2 rings (SSSR count). The monoisotopic (exact) mass is 538 g/mol. The van der Waals surface area contributed by atoms with Gasteiger partial charge in [-0.1, -0.05) is 12.1 Å². The molecule has 7 heteroatoms. The second-order valence-corrected chi connectivity index (χ2v) is 7.23. The van der Waals surface area contributed by atoms with E-state index in [-0.39, 0.29) is 17.9 Å². The molecule has 1 amide bonds. The molecule has 0 spiro atoms. The molecule has 1 N–H and O–H groups in total. The lowest BCUT2D eigenvalue weighted by Gasteiger charge is -2.09. The first-order chi connectivity index (χ1) is 11.0. The van der Waals surface area contributed by atoms with Crippen LogP contribution in [0.1, 0.15) is 5.56 Å². The van der Waals surface area contributed by atoms with Gasteiger partial charge in [0.15, 0.2) is 0 Å². The van der Waals surface area contributed by atoms with Gasteiger partial charge in [-0.2, -0.15) is 0 Å². The van der Waals surface area contributed by atoms with Gasteiger partial charge in [0.05, 0.1) is 14.3 Å². The number of halogens is 2. The number of amides is 1. The van der Waals surface area contributed by atoms with Crippen molar-refractivity contribution in [2.45, 2.75) is 13.0 Å².